The Bertz CT molecular complexity index is 305. The van der Waals surface area contributed by atoms with Crippen molar-refractivity contribution in [3.63, 3.8) is 0 Å². The van der Waals surface area contributed by atoms with Crippen molar-refractivity contribution in [2.75, 3.05) is 5.75 Å². The van der Waals surface area contributed by atoms with Crippen molar-refractivity contribution in [3.8, 4) is 0 Å². The fraction of sp³-hybridized carbons (Fsp3) is 0.727. The van der Waals surface area contributed by atoms with E-state index in [0.717, 1.165) is 11.7 Å². The van der Waals surface area contributed by atoms with Crippen LogP contribution in [0.3, 0.4) is 0 Å². The van der Waals surface area contributed by atoms with E-state index in [1.54, 1.807) is 13.1 Å². The molecule has 1 saturated heterocycles. The van der Waals surface area contributed by atoms with Crippen LogP contribution in [0.4, 0.5) is 0 Å². The number of rotatable bonds is 3. The van der Waals surface area contributed by atoms with Crippen molar-refractivity contribution in [3.05, 3.63) is 17.8 Å². The molecule has 1 N–H and O–H groups in total. The number of aliphatic hydroxyl groups is 1. The lowest BCUT2D eigenvalue weighted by molar-refractivity contribution is 0.186. The molecule has 2 atom stereocenters. The molecule has 84 valence electrons. The van der Waals surface area contributed by atoms with Crippen molar-refractivity contribution in [2.24, 2.45) is 0 Å². The van der Waals surface area contributed by atoms with Gasteiger partial charge in [-0.15, -0.1) is 11.8 Å². The Hall–Kier alpha value is -0.480. The van der Waals surface area contributed by atoms with Crippen molar-refractivity contribution in [2.45, 2.75) is 44.0 Å². The van der Waals surface area contributed by atoms with Gasteiger partial charge in [0.05, 0.1) is 17.6 Å². The summed E-state index contributed by atoms with van der Waals surface area (Å²) in [6.45, 7) is 1.76. The van der Waals surface area contributed by atoms with Gasteiger partial charge in [0, 0.05) is 6.42 Å². The number of hydrogen-bond acceptors (Lipinski definition) is 4. The lowest BCUT2D eigenvalue weighted by Gasteiger charge is -2.17. The smallest absolute Gasteiger partial charge is 0.207 e. The number of aliphatic hydroxyl groups excluding tert-OH is 1. The molecule has 3 nitrogen and oxygen atoms in total. The Balaban J connectivity index is 1.99. The summed E-state index contributed by atoms with van der Waals surface area (Å²) in [5.41, 5.74) is 0. The predicted octanol–water partition coefficient (Wildman–Crippen LogP) is 2.56. The summed E-state index contributed by atoms with van der Waals surface area (Å²) in [4.78, 5) is 4.29. The van der Waals surface area contributed by atoms with Gasteiger partial charge in [0.15, 0.2) is 0 Å². The molecular formula is C11H17NO2S. The van der Waals surface area contributed by atoms with E-state index in [1.165, 1.54) is 25.0 Å². The topological polar surface area (TPSA) is 46.3 Å². The second-order valence-electron chi connectivity index (χ2n) is 4.07. The summed E-state index contributed by atoms with van der Waals surface area (Å²) in [6.07, 6.45) is 5.69. The van der Waals surface area contributed by atoms with E-state index in [4.69, 9.17) is 4.42 Å². The fourth-order valence-corrected chi connectivity index (χ4v) is 3.03. The Labute approximate surface area is 94.3 Å². The van der Waals surface area contributed by atoms with Crippen LogP contribution in [0, 0.1) is 0 Å². The van der Waals surface area contributed by atoms with Crippen molar-refractivity contribution < 1.29 is 9.52 Å². The van der Waals surface area contributed by atoms with Gasteiger partial charge in [-0.1, -0.05) is 6.42 Å². The van der Waals surface area contributed by atoms with E-state index < -0.39 is 0 Å². The highest BCUT2D eigenvalue weighted by Gasteiger charge is 2.20. The van der Waals surface area contributed by atoms with E-state index in [9.17, 15) is 5.11 Å². The van der Waals surface area contributed by atoms with Crippen LogP contribution >= 0.6 is 11.8 Å². The first-order valence-electron chi connectivity index (χ1n) is 5.50. The molecule has 1 aliphatic rings. The maximum Gasteiger partial charge on any atom is 0.207 e. The highest BCUT2D eigenvalue weighted by molar-refractivity contribution is 7.99. The van der Waals surface area contributed by atoms with Gasteiger partial charge in [-0.05, 0) is 25.5 Å². The third kappa shape index (κ3) is 2.98. The van der Waals surface area contributed by atoms with Crippen LogP contribution < -0.4 is 0 Å². The molecule has 0 aromatic carbocycles. The van der Waals surface area contributed by atoms with Crippen LogP contribution in [0.2, 0.25) is 0 Å². The molecule has 0 saturated carbocycles. The molecule has 15 heavy (non-hydrogen) atoms. The minimum atomic E-state index is -0.357. The minimum Gasteiger partial charge on any atom is -0.444 e. The van der Waals surface area contributed by atoms with Gasteiger partial charge in [0.2, 0.25) is 5.89 Å². The zero-order valence-electron chi connectivity index (χ0n) is 8.98. The van der Waals surface area contributed by atoms with E-state index in [0.29, 0.717) is 11.7 Å². The van der Waals surface area contributed by atoms with Gasteiger partial charge >= 0.3 is 0 Å². The summed E-state index contributed by atoms with van der Waals surface area (Å²) in [6, 6.07) is 0. The SMILES string of the molecule is CC(O)Cc1cnc(C2CCCCS2)o1. The van der Waals surface area contributed by atoms with Crippen LogP contribution in [-0.2, 0) is 6.42 Å². The Morgan fingerprint density at radius 1 is 1.67 bits per heavy atom. The van der Waals surface area contributed by atoms with Crippen LogP contribution in [0.25, 0.3) is 0 Å². The van der Waals surface area contributed by atoms with E-state index in [2.05, 4.69) is 4.98 Å². The molecule has 4 heteroatoms. The maximum absolute atomic E-state index is 9.23. The van der Waals surface area contributed by atoms with Gasteiger partial charge in [-0.25, -0.2) is 4.98 Å². The molecular weight excluding hydrogens is 210 g/mol. The first-order chi connectivity index (χ1) is 7.25. The number of nitrogens with zero attached hydrogens (tertiary/aromatic N) is 1. The normalized spacial score (nSPS) is 24.0. The zero-order chi connectivity index (χ0) is 10.7. The van der Waals surface area contributed by atoms with E-state index in [-0.39, 0.29) is 6.10 Å². The van der Waals surface area contributed by atoms with Crippen molar-refractivity contribution >= 4 is 11.8 Å². The number of thioether (sulfide) groups is 1. The summed E-state index contributed by atoms with van der Waals surface area (Å²) in [5.74, 6) is 2.85. The predicted molar refractivity (Wildman–Crippen MR) is 60.9 cm³/mol. The molecule has 2 heterocycles. The molecule has 1 aromatic heterocycles. The second kappa shape index (κ2) is 5.03. The van der Waals surface area contributed by atoms with Crippen LogP contribution in [0.1, 0.15) is 43.1 Å². The molecule has 0 spiro atoms. The zero-order valence-corrected chi connectivity index (χ0v) is 9.80. The van der Waals surface area contributed by atoms with Gasteiger partial charge in [0.1, 0.15) is 5.76 Å². The number of hydrogen-bond donors (Lipinski definition) is 1. The van der Waals surface area contributed by atoms with E-state index in [1.807, 2.05) is 11.8 Å². The maximum atomic E-state index is 9.23. The van der Waals surface area contributed by atoms with Crippen molar-refractivity contribution in [1.29, 1.82) is 0 Å². The molecule has 1 fully saturated rings. The lowest BCUT2D eigenvalue weighted by Crippen LogP contribution is -2.03. The fourth-order valence-electron chi connectivity index (χ4n) is 1.79. The van der Waals surface area contributed by atoms with Crippen molar-refractivity contribution in [1.82, 2.24) is 4.98 Å². The molecule has 0 bridgehead atoms. The highest BCUT2D eigenvalue weighted by Crippen LogP contribution is 2.37. The first kappa shape index (κ1) is 11.0. The number of oxazole rings is 1. The standard InChI is InChI=1S/C11H17NO2S/c1-8(13)6-9-7-12-11(14-9)10-4-2-3-5-15-10/h7-8,10,13H,2-6H2,1H3. The van der Waals surface area contributed by atoms with Crippen LogP contribution in [0.5, 0.6) is 0 Å². The third-order valence-corrected chi connectivity index (χ3v) is 3.89. The summed E-state index contributed by atoms with van der Waals surface area (Å²) in [7, 11) is 0. The summed E-state index contributed by atoms with van der Waals surface area (Å²) < 4.78 is 5.64. The Morgan fingerprint density at radius 3 is 3.20 bits per heavy atom. The van der Waals surface area contributed by atoms with Gasteiger partial charge in [-0.3, -0.25) is 0 Å². The van der Waals surface area contributed by atoms with Gasteiger partial charge in [-0.2, -0.15) is 0 Å². The Kier molecular flexibility index (Phi) is 3.70. The quantitative estimate of drug-likeness (QED) is 0.862. The molecule has 0 radical (unpaired) electrons. The van der Waals surface area contributed by atoms with Gasteiger partial charge < -0.3 is 9.52 Å². The first-order valence-corrected chi connectivity index (χ1v) is 6.55. The monoisotopic (exact) mass is 227 g/mol. The van der Waals surface area contributed by atoms with E-state index >= 15 is 0 Å². The van der Waals surface area contributed by atoms with Gasteiger partial charge in [0.25, 0.3) is 0 Å². The molecule has 1 aromatic rings. The lowest BCUT2D eigenvalue weighted by atomic mass is 10.2. The minimum absolute atomic E-state index is 0.357. The highest BCUT2D eigenvalue weighted by atomic mass is 32.2. The summed E-state index contributed by atoms with van der Waals surface area (Å²) >= 11 is 1.93. The molecule has 2 rings (SSSR count). The van der Waals surface area contributed by atoms with Crippen LogP contribution in [-0.4, -0.2) is 21.9 Å². The average Bonchev–Trinajstić information content (AvgIpc) is 2.67. The van der Waals surface area contributed by atoms with Crippen LogP contribution in [0.15, 0.2) is 10.6 Å². The molecule has 0 amide bonds. The second-order valence-corrected chi connectivity index (χ2v) is 5.38. The molecule has 1 aliphatic heterocycles. The third-order valence-electron chi connectivity index (χ3n) is 2.52. The molecule has 2 unspecified atom stereocenters. The average molecular weight is 227 g/mol. The Morgan fingerprint density at radius 2 is 2.53 bits per heavy atom. The summed E-state index contributed by atoms with van der Waals surface area (Å²) in [5, 5.41) is 9.66. The molecule has 0 aliphatic carbocycles. The number of aromatic nitrogens is 1. The largest absolute Gasteiger partial charge is 0.444 e.